The number of hydrogen-bond acceptors (Lipinski definition) is 4. The van der Waals surface area contributed by atoms with Crippen LogP contribution in [0.1, 0.15) is 11.1 Å². The van der Waals surface area contributed by atoms with Gasteiger partial charge in [0.1, 0.15) is 12.4 Å². The Morgan fingerprint density at radius 3 is 2.18 bits per heavy atom. The van der Waals surface area contributed by atoms with Crippen molar-refractivity contribution in [2.45, 2.75) is 18.7 Å². The SMILES string of the molecule is Cc1cccc(N2CCN(C(=O)CN(c3ccccc3)S(=O)(=O)c3ccc(F)cc3)CC2)c1C. The third-order valence-corrected chi connectivity index (χ3v) is 8.06. The Hall–Kier alpha value is -3.39. The van der Waals surface area contributed by atoms with Crippen molar-refractivity contribution >= 4 is 27.3 Å². The second-order valence-electron chi connectivity index (χ2n) is 8.39. The summed E-state index contributed by atoms with van der Waals surface area (Å²) in [6.07, 6.45) is 0. The summed E-state index contributed by atoms with van der Waals surface area (Å²) in [5.74, 6) is -0.793. The molecule has 1 amide bonds. The minimum atomic E-state index is -4.06. The fourth-order valence-corrected chi connectivity index (χ4v) is 5.56. The summed E-state index contributed by atoms with van der Waals surface area (Å²) in [6.45, 7) is 6.21. The van der Waals surface area contributed by atoms with Gasteiger partial charge in [-0.25, -0.2) is 12.8 Å². The van der Waals surface area contributed by atoms with Crippen LogP contribution in [0.2, 0.25) is 0 Å². The first-order chi connectivity index (χ1) is 16.3. The molecule has 1 heterocycles. The Morgan fingerprint density at radius 1 is 0.882 bits per heavy atom. The highest BCUT2D eigenvalue weighted by Crippen LogP contribution is 2.26. The summed E-state index contributed by atoms with van der Waals surface area (Å²) in [6, 6.07) is 19.3. The van der Waals surface area contributed by atoms with Crippen molar-refractivity contribution in [3.8, 4) is 0 Å². The van der Waals surface area contributed by atoms with Gasteiger partial charge < -0.3 is 9.80 Å². The molecule has 0 spiro atoms. The van der Waals surface area contributed by atoms with Gasteiger partial charge in [0.2, 0.25) is 5.91 Å². The topological polar surface area (TPSA) is 60.9 Å². The number of carbonyl (C=O) groups excluding carboxylic acids is 1. The number of piperazine rings is 1. The van der Waals surface area contributed by atoms with Crippen LogP contribution in [0.3, 0.4) is 0 Å². The zero-order valence-electron chi connectivity index (χ0n) is 19.3. The molecule has 0 atom stereocenters. The zero-order valence-corrected chi connectivity index (χ0v) is 20.1. The molecule has 0 bridgehead atoms. The van der Waals surface area contributed by atoms with Crippen molar-refractivity contribution in [1.82, 2.24) is 4.90 Å². The first kappa shape index (κ1) is 23.8. The molecular formula is C26H28FN3O3S. The van der Waals surface area contributed by atoms with E-state index in [1.807, 2.05) is 6.07 Å². The van der Waals surface area contributed by atoms with E-state index in [-0.39, 0.29) is 17.3 Å². The van der Waals surface area contributed by atoms with E-state index < -0.39 is 15.8 Å². The fraction of sp³-hybridized carbons (Fsp3) is 0.269. The zero-order chi connectivity index (χ0) is 24.3. The maximum atomic E-state index is 13.4. The van der Waals surface area contributed by atoms with Crippen LogP contribution in [0.4, 0.5) is 15.8 Å². The van der Waals surface area contributed by atoms with E-state index in [1.54, 1.807) is 35.2 Å². The molecule has 4 rings (SSSR count). The van der Waals surface area contributed by atoms with Crippen LogP contribution in [-0.2, 0) is 14.8 Å². The maximum absolute atomic E-state index is 13.4. The number of hydrogen-bond donors (Lipinski definition) is 0. The van der Waals surface area contributed by atoms with E-state index in [2.05, 4.69) is 30.9 Å². The molecule has 178 valence electrons. The number of rotatable bonds is 6. The van der Waals surface area contributed by atoms with Crippen molar-refractivity contribution in [2.24, 2.45) is 0 Å². The molecular weight excluding hydrogens is 453 g/mol. The van der Waals surface area contributed by atoms with Gasteiger partial charge in [-0.15, -0.1) is 0 Å². The molecule has 0 aliphatic carbocycles. The largest absolute Gasteiger partial charge is 0.368 e. The van der Waals surface area contributed by atoms with Crippen LogP contribution in [0.25, 0.3) is 0 Å². The smallest absolute Gasteiger partial charge is 0.264 e. The first-order valence-electron chi connectivity index (χ1n) is 11.2. The Morgan fingerprint density at radius 2 is 1.53 bits per heavy atom. The average molecular weight is 482 g/mol. The summed E-state index contributed by atoms with van der Waals surface area (Å²) in [7, 11) is -4.06. The Balaban J connectivity index is 1.52. The minimum Gasteiger partial charge on any atom is -0.368 e. The van der Waals surface area contributed by atoms with Gasteiger partial charge in [-0.1, -0.05) is 30.3 Å². The van der Waals surface area contributed by atoms with Crippen LogP contribution in [0.5, 0.6) is 0 Å². The lowest BCUT2D eigenvalue weighted by molar-refractivity contribution is -0.129. The number of amides is 1. The van der Waals surface area contributed by atoms with E-state index >= 15 is 0 Å². The lowest BCUT2D eigenvalue weighted by atomic mass is 10.1. The standard InChI is InChI=1S/C26H28FN3O3S/c1-20-7-6-10-25(21(20)2)28-15-17-29(18-16-28)26(31)19-30(23-8-4-3-5-9-23)34(32,33)24-13-11-22(27)12-14-24/h3-14H,15-19H2,1-2H3. The second kappa shape index (κ2) is 9.85. The van der Waals surface area contributed by atoms with Crippen LogP contribution in [0, 0.1) is 19.7 Å². The minimum absolute atomic E-state index is 0.0645. The van der Waals surface area contributed by atoms with E-state index in [1.165, 1.54) is 23.3 Å². The van der Waals surface area contributed by atoms with Gasteiger partial charge in [0.25, 0.3) is 10.0 Å². The maximum Gasteiger partial charge on any atom is 0.264 e. The molecule has 1 fully saturated rings. The molecule has 0 radical (unpaired) electrons. The molecule has 0 unspecified atom stereocenters. The molecule has 1 aliphatic rings. The van der Waals surface area contributed by atoms with Gasteiger partial charge in [-0.2, -0.15) is 0 Å². The monoisotopic (exact) mass is 481 g/mol. The van der Waals surface area contributed by atoms with Gasteiger partial charge in [-0.3, -0.25) is 9.10 Å². The average Bonchev–Trinajstić information content (AvgIpc) is 2.85. The number of aryl methyl sites for hydroxylation is 1. The molecule has 6 nitrogen and oxygen atoms in total. The van der Waals surface area contributed by atoms with Gasteiger partial charge >= 0.3 is 0 Å². The summed E-state index contributed by atoms with van der Waals surface area (Å²) in [5, 5.41) is 0. The van der Waals surface area contributed by atoms with Crippen LogP contribution in [0.15, 0.2) is 77.7 Å². The van der Waals surface area contributed by atoms with E-state index in [4.69, 9.17) is 0 Å². The molecule has 0 saturated carbocycles. The molecule has 1 saturated heterocycles. The Kier molecular flexibility index (Phi) is 6.88. The number of sulfonamides is 1. The molecule has 0 aromatic heterocycles. The summed E-state index contributed by atoms with van der Waals surface area (Å²) >= 11 is 0. The summed E-state index contributed by atoms with van der Waals surface area (Å²) in [5.41, 5.74) is 3.99. The van der Waals surface area contributed by atoms with Crippen LogP contribution >= 0.6 is 0 Å². The number of benzene rings is 3. The van der Waals surface area contributed by atoms with Gasteiger partial charge in [0.05, 0.1) is 10.6 Å². The van der Waals surface area contributed by atoms with Crippen molar-refractivity contribution < 1.29 is 17.6 Å². The van der Waals surface area contributed by atoms with Gasteiger partial charge in [0, 0.05) is 31.9 Å². The molecule has 3 aromatic carbocycles. The summed E-state index contributed by atoms with van der Waals surface area (Å²) in [4.78, 5) is 17.1. The molecule has 8 heteroatoms. The van der Waals surface area contributed by atoms with Crippen molar-refractivity contribution in [3.63, 3.8) is 0 Å². The lowest BCUT2D eigenvalue weighted by Gasteiger charge is -2.38. The first-order valence-corrected chi connectivity index (χ1v) is 12.6. The number of anilines is 2. The number of para-hydroxylation sites is 1. The molecule has 34 heavy (non-hydrogen) atoms. The van der Waals surface area contributed by atoms with Crippen molar-refractivity contribution in [2.75, 3.05) is 41.9 Å². The van der Waals surface area contributed by atoms with Crippen molar-refractivity contribution in [1.29, 1.82) is 0 Å². The van der Waals surface area contributed by atoms with Gasteiger partial charge in [-0.05, 0) is 67.4 Å². The molecule has 0 N–H and O–H groups in total. The normalized spacial score (nSPS) is 14.2. The fourth-order valence-electron chi connectivity index (χ4n) is 4.14. The van der Waals surface area contributed by atoms with Gasteiger partial charge in [0.15, 0.2) is 0 Å². The van der Waals surface area contributed by atoms with Crippen molar-refractivity contribution in [3.05, 3.63) is 89.7 Å². The number of carbonyl (C=O) groups is 1. The highest BCUT2D eigenvalue weighted by Gasteiger charge is 2.30. The third-order valence-electron chi connectivity index (χ3n) is 6.27. The highest BCUT2D eigenvalue weighted by molar-refractivity contribution is 7.92. The third kappa shape index (κ3) is 4.92. The Bertz CT molecular complexity index is 1260. The lowest BCUT2D eigenvalue weighted by Crippen LogP contribution is -2.52. The quantitative estimate of drug-likeness (QED) is 0.534. The summed E-state index contributed by atoms with van der Waals surface area (Å²) < 4.78 is 41.3. The number of halogens is 1. The van der Waals surface area contributed by atoms with E-state index in [0.29, 0.717) is 31.9 Å². The van der Waals surface area contributed by atoms with E-state index in [9.17, 15) is 17.6 Å². The molecule has 1 aliphatic heterocycles. The number of nitrogens with zero attached hydrogens (tertiary/aromatic N) is 3. The predicted octanol–water partition coefficient (Wildman–Crippen LogP) is 3.99. The van der Waals surface area contributed by atoms with Crippen LogP contribution in [-0.4, -0.2) is 51.9 Å². The highest BCUT2D eigenvalue weighted by atomic mass is 32.2. The van der Waals surface area contributed by atoms with Crippen LogP contribution < -0.4 is 9.21 Å². The Labute approximate surface area is 200 Å². The predicted molar refractivity (Wildman–Crippen MR) is 132 cm³/mol. The molecule has 3 aromatic rings. The van der Waals surface area contributed by atoms with E-state index in [0.717, 1.165) is 22.1 Å². The second-order valence-corrected chi connectivity index (χ2v) is 10.3.